The second-order valence-electron chi connectivity index (χ2n) is 6.25. The second kappa shape index (κ2) is 8.72. The molecule has 0 radical (unpaired) electrons. The molecular weight excluding hydrogens is 366 g/mol. The molecule has 1 aromatic heterocycles. The van der Waals surface area contributed by atoms with Gasteiger partial charge in [0, 0.05) is 37.3 Å². The number of benzene rings is 1. The predicted octanol–water partition coefficient (Wildman–Crippen LogP) is 1.84. The molecule has 0 unspecified atom stereocenters. The van der Waals surface area contributed by atoms with Gasteiger partial charge in [-0.25, -0.2) is 0 Å². The van der Waals surface area contributed by atoms with Crippen molar-refractivity contribution in [2.75, 3.05) is 25.0 Å². The fourth-order valence-corrected chi connectivity index (χ4v) is 3.41. The van der Waals surface area contributed by atoms with Crippen LogP contribution >= 0.6 is 11.3 Å². The summed E-state index contributed by atoms with van der Waals surface area (Å²) in [7, 11) is 0. The van der Waals surface area contributed by atoms with Gasteiger partial charge in [0.05, 0.1) is 0 Å². The molecule has 0 atom stereocenters. The molecule has 1 aromatic carbocycles. The minimum absolute atomic E-state index is 0.190. The van der Waals surface area contributed by atoms with E-state index in [1.54, 1.807) is 31.2 Å². The lowest BCUT2D eigenvalue weighted by Crippen LogP contribution is -2.30. The summed E-state index contributed by atoms with van der Waals surface area (Å²) < 4.78 is 0. The Morgan fingerprint density at radius 3 is 2.81 bits per heavy atom. The van der Waals surface area contributed by atoms with E-state index in [4.69, 9.17) is 0 Å². The Hall–Kier alpha value is -2.81. The molecule has 1 aliphatic heterocycles. The van der Waals surface area contributed by atoms with E-state index in [2.05, 4.69) is 20.8 Å². The number of carbonyl (C=O) groups is 3. The Bertz CT molecular complexity index is 851. The maximum atomic E-state index is 12.3. The molecule has 2 aromatic rings. The van der Waals surface area contributed by atoms with Crippen LogP contribution in [0.4, 0.5) is 5.69 Å². The van der Waals surface area contributed by atoms with Crippen LogP contribution in [0.25, 0.3) is 0 Å². The predicted molar refractivity (Wildman–Crippen MR) is 102 cm³/mol. The SMILES string of the molecule is Cc1nnc(C(=O)Nc2cccc(C(=O)NCCCN3CCCC3=O)c2)s1. The van der Waals surface area contributed by atoms with Crippen molar-refractivity contribution >= 4 is 34.7 Å². The second-order valence-corrected chi connectivity index (χ2v) is 7.44. The fourth-order valence-electron chi connectivity index (χ4n) is 2.83. The Kier molecular flexibility index (Phi) is 6.12. The number of likely N-dealkylation sites (tertiary alicyclic amines) is 1. The number of rotatable bonds is 7. The highest BCUT2D eigenvalue weighted by atomic mass is 32.1. The van der Waals surface area contributed by atoms with Crippen molar-refractivity contribution in [3.8, 4) is 0 Å². The van der Waals surface area contributed by atoms with Crippen molar-refractivity contribution in [2.24, 2.45) is 0 Å². The molecule has 0 saturated carbocycles. The summed E-state index contributed by atoms with van der Waals surface area (Å²) in [6, 6.07) is 6.72. The van der Waals surface area contributed by atoms with E-state index in [0.717, 1.165) is 13.0 Å². The molecule has 0 aliphatic carbocycles. The summed E-state index contributed by atoms with van der Waals surface area (Å²) in [6.07, 6.45) is 2.26. The lowest BCUT2D eigenvalue weighted by Gasteiger charge is -2.15. The zero-order valence-corrected chi connectivity index (χ0v) is 15.8. The number of nitrogens with zero attached hydrogens (tertiary/aromatic N) is 3. The topological polar surface area (TPSA) is 104 Å². The van der Waals surface area contributed by atoms with Gasteiger partial charge in [0.1, 0.15) is 5.01 Å². The molecule has 0 bridgehead atoms. The normalized spacial score (nSPS) is 13.7. The summed E-state index contributed by atoms with van der Waals surface area (Å²) in [5.41, 5.74) is 0.974. The first kappa shape index (κ1) is 19.0. The summed E-state index contributed by atoms with van der Waals surface area (Å²) in [5.74, 6) is -0.380. The Balaban J connectivity index is 1.49. The zero-order valence-electron chi connectivity index (χ0n) is 15.0. The van der Waals surface area contributed by atoms with Crippen LogP contribution in [0.15, 0.2) is 24.3 Å². The van der Waals surface area contributed by atoms with Gasteiger partial charge in [0.25, 0.3) is 11.8 Å². The minimum Gasteiger partial charge on any atom is -0.352 e. The maximum absolute atomic E-state index is 12.3. The van der Waals surface area contributed by atoms with Crippen LogP contribution in [0.2, 0.25) is 0 Å². The fraction of sp³-hybridized carbons (Fsp3) is 0.389. The van der Waals surface area contributed by atoms with E-state index in [0.29, 0.717) is 42.2 Å². The quantitative estimate of drug-likeness (QED) is 0.706. The van der Waals surface area contributed by atoms with Gasteiger partial charge in [-0.05, 0) is 38.0 Å². The van der Waals surface area contributed by atoms with E-state index in [9.17, 15) is 14.4 Å². The number of aromatic nitrogens is 2. The van der Waals surface area contributed by atoms with Crippen LogP contribution in [0.1, 0.15) is 44.4 Å². The average molecular weight is 387 g/mol. The van der Waals surface area contributed by atoms with Gasteiger partial charge < -0.3 is 15.5 Å². The van der Waals surface area contributed by atoms with E-state index in [1.165, 1.54) is 11.3 Å². The minimum atomic E-state index is -0.353. The van der Waals surface area contributed by atoms with Crippen LogP contribution in [-0.4, -0.2) is 52.5 Å². The number of anilines is 1. The van der Waals surface area contributed by atoms with Crippen LogP contribution in [-0.2, 0) is 4.79 Å². The molecule has 9 heteroatoms. The Morgan fingerprint density at radius 1 is 1.26 bits per heavy atom. The third-order valence-corrected chi connectivity index (χ3v) is 5.00. The van der Waals surface area contributed by atoms with Gasteiger partial charge in [0.15, 0.2) is 0 Å². The highest BCUT2D eigenvalue weighted by Crippen LogP contribution is 2.14. The van der Waals surface area contributed by atoms with Gasteiger partial charge in [-0.1, -0.05) is 17.4 Å². The summed E-state index contributed by atoms with van der Waals surface area (Å²) in [4.78, 5) is 37.8. The Labute approximate surface area is 161 Å². The smallest absolute Gasteiger partial charge is 0.286 e. The molecule has 3 amide bonds. The number of hydrogen-bond donors (Lipinski definition) is 2. The van der Waals surface area contributed by atoms with Crippen LogP contribution in [0.5, 0.6) is 0 Å². The summed E-state index contributed by atoms with van der Waals surface area (Å²) in [5, 5.41) is 14.2. The molecule has 142 valence electrons. The number of carbonyl (C=O) groups excluding carboxylic acids is 3. The van der Waals surface area contributed by atoms with E-state index in [1.807, 2.05) is 4.90 Å². The van der Waals surface area contributed by atoms with Crippen molar-refractivity contribution in [2.45, 2.75) is 26.2 Å². The van der Waals surface area contributed by atoms with E-state index >= 15 is 0 Å². The van der Waals surface area contributed by atoms with Gasteiger partial charge in [0.2, 0.25) is 10.9 Å². The average Bonchev–Trinajstić information content (AvgIpc) is 3.27. The van der Waals surface area contributed by atoms with Crippen molar-refractivity contribution in [1.29, 1.82) is 0 Å². The lowest BCUT2D eigenvalue weighted by atomic mass is 10.2. The van der Waals surface area contributed by atoms with Crippen LogP contribution in [0.3, 0.4) is 0 Å². The molecule has 1 fully saturated rings. The van der Waals surface area contributed by atoms with Crippen LogP contribution in [0, 0.1) is 6.92 Å². The highest BCUT2D eigenvalue weighted by Gasteiger charge is 2.19. The molecule has 3 rings (SSSR count). The van der Waals surface area contributed by atoms with Crippen LogP contribution < -0.4 is 10.6 Å². The van der Waals surface area contributed by atoms with Crippen molar-refractivity contribution in [3.05, 3.63) is 39.8 Å². The molecule has 8 nitrogen and oxygen atoms in total. The lowest BCUT2D eigenvalue weighted by molar-refractivity contribution is -0.127. The monoisotopic (exact) mass is 387 g/mol. The first-order valence-electron chi connectivity index (χ1n) is 8.80. The third kappa shape index (κ3) is 5.10. The molecule has 27 heavy (non-hydrogen) atoms. The number of nitrogens with one attached hydrogen (secondary N) is 2. The molecular formula is C18H21N5O3S. The molecule has 0 spiro atoms. The van der Waals surface area contributed by atoms with E-state index < -0.39 is 0 Å². The molecule has 2 N–H and O–H groups in total. The number of hydrogen-bond acceptors (Lipinski definition) is 6. The first-order valence-corrected chi connectivity index (χ1v) is 9.62. The molecule has 2 heterocycles. The summed E-state index contributed by atoms with van der Waals surface area (Å²) >= 11 is 1.21. The largest absolute Gasteiger partial charge is 0.352 e. The van der Waals surface area contributed by atoms with Crippen molar-refractivity contribution < 1.29 is 14.4 Å². The Morgan fingerprint density at radius 2 is 2.11 bits per heavy atom. The number of amides is 3. The van der Waals surface area contributed by atoms with E-state index in [-0.39, 0.29) is 22.7 Å². The zero-order chi connectivity index (χ0) is 19.2. The third-order valence-electron chi connectivity index (χ3n) is 4.16. The van der Waals surface area contributed by atoms with Crippen molar-refractivity contribution in [3.63, 3.8) is 0 Å². The standard InChI is InChI=1S/C18H21N5O3S/c1-12-21-22-18(27-12)17(26)20-14-6-2-5-13(11-14)16(25)19-8-4-10-23-9-3-7-15(23)24/h2,5-6,11H,3-4,7-10H2,1H3,(H,19,25)(H,20,26). The summed E-state index contributed by atoms with van der Waals surface area (Å²) in [6.45, 7) is 3.74. The maximum Gasteiger partial charge on any atom is 0.286 e. The molecule has 1 aliphatic rings. The van der Waals surface area contributed by atoms with Gasteiger partial charge >= 0.3 is 0 Å². The van der Waals surface area contributed by atoms with Gasteiger partial charge in [-0.15, -0.1) is 10.2 Å². The van der Waals surface area contributed by atoms with Crippen molar-refractivity contribution in [1.82, 2.24) is 20.4 Å². The number of aryl methyl sites for hydroxylation is 1. The molecule has 1 saturated heterocycles. The highest BCUT2D eigenvalue weighted by molar-refractivity contribution is 7.13. The van der Waals surface area contributed by atoms with Gasteiger partial charge in [-0.3, -0.25) is 14.4 Å². The first-order chi connectivity index (χ1) is 13.0. The van der Waals surface area contributed by atoms with Gasteiger partial charge in [-0.2, -0.15) is 0 Å².